The summed E-state index contributed by atoms with van der Waals surface area (Å²) in [5, 5.41) is 3.68. The second-order valence-corrected chi connectivity index (χ2v) is 6.34. The van der Waals surface area contributed by atoms with Gasteiger partial charge in [-0.15, -0.1) is 0 Å². The van der Waals surface area contributed by atoms with Crippen molar-refractivity contribution in [1.29, 1.82) is 0 Å². The lowest BCUT2D eigenvalue weighted by molar-refractivity contribution is 0.133. The minimum Gasteiger partial charge on any atom is -0.311 e. The summed E-state index contributed by atoms with van der Waals surface area (Å²) in [5.74, 6) is 0.655. The number of hydrogen-bond acceptors (Lipinski definition) is 2. The van der Waals surface area contributed by atoms with Crippen LogP contribution in [0.15, 0.2) is 30.3 Å². The first-order valence-corrected chi connectivity index (χ1v) is 8.23. The molecule has 2 rings (SSSR count). The van der Waals surface area contributed by atoms with E-state index in [4.69, 9.17) is 0 Å². The third-order valence-corrected chi connectivity index (χ3v) is 4.64. The van der Waals surface area contributed by atoms with Crippen LogP contribution < -0.4 is 5.32 Å². The highest BCUT2D eigenvalue weighted by Crippen LogP contribution is 2.20. The standard InChI is InChI=1S/C18H30N2/c1-4-8-18-14-20(16(3)13-19-18)12-11-15(2)17-9-6-5-7-10-17/h5-7,9-10,15-16,18-19H,4,8,11-14H2,1-3H3. The van der Waals surface area contributed by atoms with Gasteiger partial charge in [-0.1, -0.05) is 50.6 Å². The molecule has 3 unspecified atom stereocenters. The summed E-state index contributed by atoms with van der Waals surface area (Å²) in [6.45, 7) is 10.6. The molecule has 0 aromatic heterocycles. The van der Waals surface area contributed by atoms with Crippen LogP contribution in [0.4, 0.5) is 0 Å². The molecule has 1 aliphatic rings. The first kappa shape index (κ1) is 15.5. The summed E-state index contributed by atoms with van der Waals surface area (Å²) in [7, 11) is 0. The second kappa shape index (κ2) is 7.80. The maximum Gasteiger partial charge on any atom is 0.0195 e. The molecule has 1 aromatic rings. The lowest BCUT2D eigenvalue weighted by Crippen LogP contribution is -2.55. The largest absolute Gasteiger partial charge is 0.311 e. The summed E-state index contributed by atoms with van der Waals surface area (Å²) >= 11 is 0. The highest BCUT2D eigenvalue weighted by Gasteiger charge is 2.24. The van der Waals surface area contributed by atoms with E-state index in [9.17, 15) is 0 Å². The Hall–Kier alpha value is -0.860. The fourth-order valence-electron chi connectivity index (χ4n) is 3.16. The van der Waals surface area contributed by atoms with Crippen molar-refractivity contribution >= 4 is 0 Å². The monoisotopic (exact) mass is 274 g/mol. The minimum absolute atomic E-state index is 0.655. The Bertz CT molecular complexity index is 376. The van der Waals surface area contributed by atoms with E-state index in [0.29, 0.717) is 18.0 Å². The first-order valence-electron chi connectivity index (χ1n) is 8.23. The molecule has 0 bridgehead atoms. The van der Waals surface area contributed by atoms with Crippen LogP contribution in [0.3, 0.4) is 0 Å². The Labute approximate surface area is 124 Å². The highest BCUT2D eigenvalue weighted by atomic mass is 15.2. The van der Waals surface area contributed by atoms with E-state index in [1.807, 2.05) is 0 Å². The van der Waals surface area contributed by atoms with Crippen molar-refractivity contribution in [2.75, 3.05) is 19.6 Å². The third kappa shape index (κ3) is 4.32. The normalized spacial score (nSPS) is 25.6. The van der Waals surface area contributed by atoms with E-state index in [1.54, 1.807) is 0 Å². The van der Waals surface area contributed by atoms with Crippen molar-refractivity contribution in [3.05, 3.63) is 35.9 Å². The summed E-state index contributed by atoms with van der Waals surface area (Å²) in [5.41, 5.74) is 1.47. The lowest BCUT2D eigenvalue weighted by Gasteiger charge is -2.39. The fourth-order valence-corrected chi connectivity index (χ4v) is 3.16. The van der Waals surface area contributed by atoms with E-state index in [1.165, 1.54) is 37.9 Å². The topological polar surface area (TPSA) is 15.3 Å². The first-order chi connectivity index (χ1) is 9.70. The van der Waals surface area contributed by atoms with Crippen LogP contribution in [0.1, 0.15) is 51.5 Å². The Kier molecular flexibility index (Phi) is 6.06. The third-order valence-electron chi connectivity index (χ3n) is 4.64. The molecule has 1 aliphatic heterocycles. The average Bonchev–Trinajstić information content (AvgIpc) is 2.48. The zero-order valence-corrected chi connectivity index (χ0v) is 13.3. The van der Waals surface area contributed by atoms with Crippen molar-refractivity contribution in [3.63, 3.8) is 0 Å². The van der Waals surface area contributed by atoms with E-state index in [0.717, 1.165) is 6.54 Å². The molecule has 1 saturated heterocycles. The molecule has 1 aromatic carbocycles. The van der Waals surface area contributed by atoms with Gasteiger partial charge in [0, 0.05) is 25.2 Å². The van der Waals surface area contributed by atoms with Crippen molar-refractivity contribution in [3.8, 4) is 0 Å². The van der Waals surface area contributed by atoms with Gasteiger partial charge in [0.25, 0.3) is 0 Å². The Morgan fingerprint density at radius 2 is 2.05 bits per heavy atom. The maximum absolute atomic E-state index is 3.68. The molecule has 0 saturated carbocycles. The molecule has 1 fully saturated rings. The SMILES string of the molecule is CCCC1CN(CCC(C)c2ccccc2)C(C)CN1. The molecule has 0 spiro atoms. The molecule has 0 radical (unpaired) electrons. The summed E-state index contributed by atoms with van der Waals surface area (Å²) in [6, 6.07) is 12.3. The number of benzene rings is 1. The Morgan fingerprint density at radius 1 is 1.30 bits per heavy atom. The maximum atomic E-state index is 3.68. The number of hydrogen-bond donors (Lipinski definition) is 1. The molecule has 2 nitrogen and oxygen atoms in total. The van der Waals surface area contributed by atoms with Crippen LogP contribution >= 0.6 is 0 Å². The fraction of sp³-hybridized carbons (Fsp3) is 0.667. The number of nitrogens with one attached hydrogen (secondary N) is 1. The molecule has 1 N–H and O–H groups in total. The van der Waals surface area contributed by atoms with Crippen LogP contribution in [0.5, 0.6) is 0 Å². The zero-order chi connectivity index (χ0) is 14.4. The molecule has 3 atom stereocenters. The quantitative estimate of drug-likeness (QED) is 0.852. The number of nitrogens with zero attached hydrogens (tertiary/aromatic N) is 1. The summed E-state index contributed by atoms with van der Waals surface area (Å²) in [4.78, 5) is 2.68. The van der Waals surface area contributed by atoms with Gasteiger partial charge < -0.3 is 5.32 Å². The predicted octanol–water partition coefficient (Wildman–Crippen LogP) is 3.64. The molecule has 20 heavy (non-hydrogen) atoms. The minimum atomic E-state index is 0.655. The Morgan fingerprint density at radius 3 is 2.75 bits per heavy atom. The van der Waals surface area contributed by atoms with E-state index in [-0.39, 0.29) is 0 Å². The average molecular weight is 274 g/mol. The van der Waals surface area contributed by atoms with Crippen LogP contribution in [0.25, 0.3) is 0 Å². The summed E-state index contributed by atoms with van der Waals surface area (Å²) < 4.78 is 0. The smallest absolute Gasteiger partial charge is 0.0195 e. The van der Waals surface area contributed by atoms with Gasteiger partial charge in [0.1, 0.15) is 0 Å². The lowest BCUT2D eigenvalue weighted by atomic mass is 9.97. The molecule has 2 heteroatoms. The van der Waals surface area contributed by atoms with Crippen LogP contribution in [0.2, 0.25) is 0 Å². The Balaban J connectivity index is 1.82. The molecule has 0 amide bonds. The van der Waals surface area contributed by atoms with Crippen molar-refractivity contribution < 1.29 is 0 Å². The van der Waals surface area contributed by atoms with Gasteiger partial charge in [-0.2, -0.15) is 0 Å². The van der Waals surface area contributed by atoms with Gasteiger partial charge in [-0.3, -0.25) is 4.90 Å². The van der Waals surface area contributed by atoms with Gasteiger partial charge in [-0.05, 0) is 37.8 Å². The van der Waals surface area contributed by atoms with E-state index < -0.39 is 0 Å². The molecular weight excluding hydrogens is 244 g/mol. The van der Waals surface area contributed by atoms with Crippen molar-refractivity contribution in [2.24, 2.45) is 0 Å². The molecule has 0 aliphatic carbocycles. The van der Waals surface area contributed by atoms with Gasteiger partial charge in [0.05, 0.1) is 0 Å². The van der Waals surface area contributed by atoms with Gasteiger partial charge >= 0.3 is 0 Å². The molecule has 112 valence electrons. The molecular formula is C18H30N2. The van der Waals surface area contributed by atoms with Crippen molar-refractivity contribution in [2.45, 2.75) is 58.0 Å². The van der Waals surface area contributed by atoms with Gasteiger partial charge in [0.2, 0.25) is 0 Å². The van der Waals surface area contributed by atoms with E-state index in [2.05, 4.69) is 61.3 Å². The highest BCUT2D eigenvalue weighted by molar-refractivity contribution is 5.18. The predicted molar refractivity (Wildman–Crippen MR) is 87.2 cm³/mol. The molecule has 1 heterocycles. The number of rotatable bonds is 6. The van der Waals surface area contributed by atoms with Gasteiger partial charge in [-0.25, -0.2) is 0 Å². The van der Waals surface area contributed by atoms with Crippen LogP contribution in [0, 0.1) is 0 Å². The van der Waals surface area contributed by atoms with Crippen LogP contribution in [-0.2, 0) is 0 Å². The second-order valence-electron chi connectivity index (χ2n) is 6.34. The zero-order valence-electron chi connectivity index (χ0n) is 13.3. The number of piperazine rings is 1. The van der Waals surface area contributed by atoms with Crippen LogP contribution in [-0.4, -0.2) is 36.6 Å². The van der Waals surface area contributed by atoms with Gasteiger partial charge in [0.15, 0.2) is 0 Å². The van der Waals surface area contributed by atoms with E-state index >= 15 is 0 Å². The summed E-state index contributed by atoms with van der Waals surface area (Å²) in [6.07, 6.45) is 3.84. The van der Waals surface area contributed by atoms with Crippen molar-refractivity contribution in [1.82, 2.24) is 10.2 Å².